The van der Waals surface area contributed by atoms with Crippen LogP contribution < -0.4 is 10.6 Å². The van der Waals surface area contributed by atoms with Crippen LogP contribution in [-0.4, -0.2) is 54.1 Å². The number of alkyl halides is 1. The molecule has 2 aliphatic rings. The van der Waals surface area contributed by atoms with E-state index in [0.29, 0.717) is 6.42 Å². The minimum atomic E-state index is -1.11. The van der Waals surface area contributed by atoms with E-state index in [9.17, 15) is 19.2 Å². The van der Waals surface area contributed by atoms with Crippen LogP contribution in [0.3, 0.4) is 0 Å². The normalized spacial score (nSPS) is 23.2. The Labute approximate surface area is 180 Å². The third-order valence-electron chi connectivity index (χ3n) is 6.56. The van der Waals surface area contributed by atoms with Gasteiger partial charge in [0, 0.05) is 24.9 Å². The van der Waals surface area contributed by atoms with Gasteiger partial charge in [-0.15, -0.1) is 0 Å². The van der Waals surface area contributed by atoms with Crippen LogP contribution in [-0.2, 0) is 9.59 Å². The second kappa shape index (κ2) is 12.9. The summed E-state index contributed by atoms with van der Waals surface area (Å²) in [5.41, 5.74) is -0.133. The van der Waals surface area contributed by atoms with Crippen LogP contribution in [0, 0.1) is 11.3 Å². The number of nitrogens with one attached hydrogen (secondary N) is 2. The van der Waals surface area contributed by atoms with Gasteiger partial charge in [0.15, 0.2) is 0 Å². The lowest BCUT2D eigenvalue weighted by Crippen LogP contribution is -2.51. The summed E-state index contributed by atoms with van der Waals surface area (Å²) in [5.74, 6) is -0.0899. The highest BCUT2D eigenvalue weighted by Gasteiger charge is 2.37. The van der Waals surface area contributed by atoms with Crippen molar-refractivity contribution < 1.29 is 14.0 Å². The lowest BCUT2D eigenvalue weighted by atomic mass is 9.78. The molecule has 0 bridgehead atoms. The van der Waals surface area contributed by atoms with Crippen LogP contribution >= 0.6 is 0 Å². The summed E-state index contributed by atoms with van der Waals surface area (Å²) in [6.07, 6.45) is 11.2. The Bertz CT molecular complexity index is 586. The van der Waals surface area contributed by atoms with Crippen molar-refractivity contribution in [3.05, 3.63) is 0 Å². The van der Waals surface area contributed by atoms with Crippen molar-refractivity contribution in [3.63, 3.8) is 0 Å². The Hall–Kier alpha value is -1.68. The summed E-state index contributed by atoms with van der Waals surface area (Å²) in [7, 11) is 0. The number of likely N-dealkylation sites (tertiary alicyclic amines) is 1. The maximum Gasteiger partial charge on any atom is 0.237 e. The summed E-state index contributed by atoms with van der Waals surface area (Å²) in [5, 5.41) is 15.6. The molecule has 0 aromatic carbocycles. The molecule has 0 aromatic rings. The van der Waals surface area contributed by atoms with Gasteiger partial charge < -0.3 is 15.5 Å². The molecule has 170 valence electrons. The van der Waals surface area contributed by atoms with Crippen LogP contribution in [0.15, 0.2) is 0 Å². The molecule has 2 atom stereocenters. The van der Waals surface area contributed by atoms with Crippen LogP contribution in [0.4, 0.5) is 4.39 Å². The molecule has 2 rings (SSSR count). The fraction of sp³-hybridized carbons (Fsp3) is 0.870. The van der Waals surface area contributed by atoms with E-state index in [2.05, 4.69) is 17.6 Å². The van der Waals surface area contributed by atoms with Crippen molar-refractivity contribution in [3.8, 4) is 6.07 Å². The Kier molecular flexibility index (Phi) is 10.6. The number of halogens is 1. The molecule has 0 spiro atoms. The van der Waals surface area contributed by atoms with Crippen molar-refractivity contribution in [2.45, 2.75) is 108 Å². The summed E-state index contributed by atoms with van der Waals surface area (Å²) < 4.78 is 13.6. The molecule has 1 heterocycles. The maximum atomic E-state index is 13.6. The molecule has 7 heteroatoms. The number of rotatable bonds is 12. The fourth-order valence-corrected chi connectivity index (χ4v) is 4.75. The molecule has 1 saturated carbocycles. The van der Waals surface area contributed by atoms with Crippen LogP contribution in [0.2, 0.25) is 0 Å². The Morgan fingerprint density at radius 3 is 2.63 bits per heavy atom. The topological polar surface area (TPSA) is 85.2 Å². The molecule has 1 aliphatic heterocycles. The first-order valence-electron chi connectivity index (χ1n) is 11.8. The number of nitrogens with zero attached hydrogens (tertiary/aromatic N) is 2. The third kappa shape index (κ3) is 7.86. The SMILES string of the molecule is CCCCCCNC(=O)CCCC1(NCC(=O)N2C[C@@H](F)CC2C#N)CCCCC1. The minimum absolute atomic E-state index is 0.0180. The number of carbonyl (C=O) groups excluding carboxylic acids is 2. The van der Waals surface area contributed by atoms with Gasteiger partial charge >= 0.3 is 0 Å². The molecule has 6 nitrogen and oxygen atoms in total. The van der Waals surface area contributed by atoms with Crippen LogP contribution in [0.1, 0.15) is 90.4 Å². The second-order valence-corrected chi connectivity index (χ2v) is 8.98. The molecule has 0 aromatic heterocycles. The Morgan fingerprint density at radius 2 is 1.93 bits per heavy atom. The van der Waals surface area contributed by atoms with E-state index >= 15 is 0 Å². The van der Waals surface area contributed by atoms with Gasteiger partial charge in [0.2, 0.25) is 11.8 Å². The molecule has 1 unspecified atom stereocenters. The standard InChI is InChI=1S/C23H39FN4O2/c1-2-3-4-8-14-26-21(29)10-9-13-23(11-6-5-7-12-23)27-17-22(30)28-18-19(24)15-20(28)16-25/h19-20,27H,2-15,17-18H2,1H3,(H,26,29)/t19-,20?/m0/s1. The van der Waals surface area contributed by atoms with E-state index in [0.717, 1.165) is 57.9 Å². The first-order valence-corrected chi connectivity index (χ1v) is 11.8. The molecular formula is C23H39FN4O2. The van der Waals surface area contributed by atoms with Crippen LogP contribution in [0.25, 0.3) is 0 Å². The average molecular weight is 423 g/mol. The molecule has 2 N–H and O–H groups in total. The van der Waals surface area contributed by atoms with E-state index < -0.39 is 12.2 Å². The number of unbranched alkanes of at least 4 members (excludes halogenated alkanes) is 3. The summed E-state index contributed by atoms with van der Waals surface area (Å²) in [6, 6.07) is 1.39. The largest absolute Gasteiger partial charge is 0.356 e. The zero-order valence-electron chi connectivity index (χ0n) is 18.6. The predicted octanol–water partition coefficient (Wildman–Crippen LogP) is 3.61. The Morgan fingerprint density at radius 1 is 1.17 bits per heavy atom. The number of hydrogen-bond donors (Lipinski definition) is 2. The quantitative estimate of drug-likeness (QED) is 0.471. The van der Waals surface area contributed by atoms with Gasteiger partial charge in [0.05, 0.1) is 19.2 Å². The number of hydrogen-bond acceptors (Lipinski definition) is 4. The van der Waals surface area contributed by atoms with Crippen molar-refractivity contribution in [2.24, 2.45) is 0 Å². The maximum absolute atomic E-state index is 13.6. The van der Waals surface area contributed by atoms with Gasteiger partial charge in [-0.1, -0.05) is 45.4 Å². The number of carbonyl (C=O) groups is 2. The van der Waals surface area contributed by atoms with Gasteiger partial charge in [-0.25, -0.2) is 4.39 Å². The third-order valence-corrected chi connectivity index (χ3v) is 6.56. The molecule has 2 amide bonds. The van der Waals surface area contributed by atoms with E-state index in [-0.39, 0.29) is 36.9 Å². The fourth-order valence-electron chi connectivity index (χ4n) is 4.75. The smallest absolute Gasteiger partial charge is 0.237 e. The number of nitriles is 1. The van der Waals surface area contributed by atoms with Crippen molar-refractivity contribution in [1.29, 1.82) is 5.26 Å². The van der Waals surface area contributed by atoms with E-state index in [4.69, 9.17) is 0 Å². The highest BCUT2D eigenvalue weighted by molar-refractivity contribution is 5.79. The van der Waals surface area contributed by atoms with Gasteiger partial charge in [-0.3, -0.25) is 9.59 Å². The lowest BCUT2D eigenvalue weighted by molar-refractivity contribution is -0.131. The zero-order valence-corrected chi connectivity index (χ0v) is 18.6. The monoisotopic (exact) mass is 422 g/mol. The first-order chi connectivity index (χ1) is 14.5. The van der Waals surface area contributed by atoms with E-state index in [1.807, 2.05) is 6.07 Å². The molecule has 1 aliphatic carbocycles. The van der Waals surface area contributed by atoms with Crippen molar-refractivity contribution in [1.82, 2.24) is 15.5 Å². The van der Waals surface area contributed by atoms with Crippen molar-refractivity contribution in [2.75, 3.05) is 19.6 Å². The second-order valence-electron chi connectivity index (χ2n) is 8.98. The van der Waals surface area contributed by atoms with Gasteiger partial charge in [-0.05, 0) is 32.1 Å². The van der Waals surface area contributed by atoms with Crippen LogP contribution in [0.5, 0.6) is 0 Å². The summed E-state index contributed by atoms with van der Waals surface area (Å²) in [4.78, 5) is 26.1. The van der Waals surface area contributed by atoms with Gasteiger partial charge in [0.25, 0.3) is 0 Å². The highest BCUT2D eigenvalue weighted by Crippen LogP contribution is 2.32. The molecule has 2 fully saturated rings. The van der Waals surface area contributed by atoms with Crippen molar-refractivity contribution >= 4 is 11.8 Å². The molecule has 0 radical (unpaired) electrons. The molecule has 30 heavy (non-hydrogen) atoms. The zero-order chi connectivity index (χ0) is 21.8. The number of amides is 2. The van der Waals surface area contributed by atoms with E-state index in [1.165, 1.54) is 24.2 Å². The minimum Gasteiger partial charge on any atom is -0.356 e. The first kappa shape index (κ1) is 24.6. The lowest BCUT2D eigenvalue weighted by Gasteiger charge is -2.39. The predicted molar refractivity (Wildman–Crippen MR) is 115 cm³/mol. The highest BCUT2D eigenvalue weighted by atomic mass is 19.1. The molecular weight excluding hydrogens is 383 g/mol. The summed E-state index contributed by atoms with van der Waals surface area (Å²) in [6.45, 7) is 3.08. The van der Waals surface area contributed by atoms with E-state index in [1.54, 1.807) is 0 Å². The van der Waals surface area contributed by atoms with Gasteiger partial charge in [-0.2, -0.15) is 5.26 Å². The molecule has 1 saturated heterocycles. The average Bonchev–Trinajstić information content (AvgIpc) is 3.13. The van der Waals surface area contributed by atoms with Gasteiger partial charge in [0.1, 0.15) is 12.2 Å². The Balaban J connectivity index is 1.76. The summed E-state index contributed by atoms with van der Waals surface area (Å²) >= 11 is 0.